The molecular formula is C22H26O7. The fraction of sp³-hybridized carbons (Fsp3) is 0.364. The third-order valence-electron chi connectivity index (χ3n) is 4.17. The predicted octanol–water partition coefficient (Wildman–Crippen LogP) is 4.39. The van der Waals surface area contributed by atoms with E-state index >= 15 is 0 Å². The second kappa shape index (κ2) is 10.4. The molecular weight excluding hydrogens is 376 g/mol. The van der Waals surface area contributed by atoms with Crippen molar-refractivity contribution in [2.75, 3.05) is 13.9 Å². The lowest BCUT2D eigenvalue weighted by molar-refractivity contribution is -0.145. The van der Waals surface area contributed by atoms with Crippen molar-refractivity contribution in [1.29, 1.82) is 0 Å². The fourth-order valence-corrected chi connectivity index (χ4v) is 2.87. The number of rotatable bonds is 7. The van der Waals surface area contributed by atoms with Crippen molar-refractivity contribution in [2.24, 2.45) is 0 Å². The molecule has 0 bridgehead atoms. The Morgan fingerprint density at radius 3 is 2.48 bits per heavy atom. The number of fused-ring (bicyclic) bond motifs is 1. The average molecular weight is 402 g/mol. The zero-order chi connectivity index (χ0) is 21.4. The first kappa shape index (κ1) is 22.1. The Labute approximate surface area is 170 Å². The summed E-state index contributed by atoms with van der Waals surface area (Å²) in [5.74, 6) is -0.124. The predicted molar refractivity (Wildman–Crippen MR) is 107 cm³/mol. The van der Waals surface area contributed by atoms with Gasteiger partial charge in [0, 0.05) is 5.56 Å². The van der Waals surface area contributed by atoms with Crippen LogP contribution >= 0.6 is 0 Å². The van der Waals surface area contributed by atoms with Crippen LogP contribution in [0.4, 0.5) is 0 Å². The van der Waals surface area contributed by atoms with E-state index < -0.39 is 18.0 Å². The molecule has 0 fully saturated rings. The molecule has 0 amide bonds. The number of carboxylic acids is 1. The number of benzene rings is 2. The van der Waals surface area contributed by atoms with E-state index in [1.54, 1.807) is 36.4 Å². The second-order valence-electron chi connectivity index (χ2n) is 6.01. The maximum Gasteiger partial charge on any atom is 0.349 e. The lowest BCUT2D eigenvalue weighted by atomic mass is 10.0. The van der Waals surface area contributed by atoms with E-state index in [2.05, 4.69) is 0 Å². The van der Waals surface area contributed by atoms with Crippen LogP contribution in [0.15, 0.2) is 36.4 Å². The summed E-state index contributed by atoms with van der Waals surface area (Å²) in [5.41, 5.74) is 1.57. The molecule has 0 aliphatic carbocycles. The molecule has 2 aromatic rings. The van der Waals surface area contributed by atoms with Gasteiger partial charge in [0.15, 0.2) is 11.5 Å². The summed E-state index contributed by atoms with van der Waals surface area (Å²) in [6.07, 6.45) is 0.218. The second-order valence-corrected chi connectivity index (χ2v) is 6.01. The lowest BCUT2D eigenvalue weighted by Crippen LogP contribution is -2.19. The topological polar surface area (TPSA) is 91.3 Å². The van der Waals surface area contributed by atoms with Crippen molar-refractivity contribution >= 4 is 11.9 Å². The summed E-state index contributed by atoms with van der Waals surface area (Å²) in [6.45, 7) is 6.09. The van der Waals surface area contributed by atoms with Crippen LogP contribution in [-0.2, 0) is 16.0 Å². The minimum Gasteiger partial charge on any atom is -0.478 e. The molecule has 1 N–H and O–H groups in total. The molecule has 1 atom stereocenters. The average Bonchev–Trinajstić information content (AvgIpc) is 3.21. The van der Waals surface area contributed by atoms with Gasteiger partial charge in [-0.15, -0.1) is 0 Å². The Balaban J connectivity index is 0.00000145. The molecule has 3 rings (SSSR count). The number of esters is 1. The van der Waals surface area contributed by atoms with E-state index in [0.717, 1.165) is 12.0 Å². The summed E-state index contributed by atoms with van der Waals surface area (Å²) in [4.78, 5) is 23.6. The highest BCUT2D eigenvalue weighted by Crippen LogP contribution is 2.36. The number of carboxylic acid groups (broad SMARTS) is 1. The molecule has 0 saturated heterocycles. The maximum absolute atomic E-state index is 11.8. The maximum atomic E-state index is 11.8. The van der Waals surface area contributed by atoms with Crippen LogP contribution in [0, 0.1) is 0 Å². The number of hydrogen-bond acceptors (Lipinski definition) is 6. The molecule has 0 radical (unpaired) electrons. The van der Waals surface area contributed by atoms with Gasteiger partial charge in [0.1, 0.15) is 5.75 Å². The van der Waals surface area contributed by atoms with Crippen LogP contribution in [-0.4, -0.2) is 30.9 Å². The van der Waals surface area contributed by atoms with Gasteiger partial charge >= 0.3 is 11.9 Å². The zero-order valence-corrected chi connectivity index (χ0v) is 17.1. The van der Waals surface area contributed by atoms with Crippen LogP contribution in [0.1, 0.15) is 54.8 Å². The van der Waals surface area contributed by atoms with Crippen LogP contribution in [0.25, 0.3) is 0 Å². The number of ether oxygens (including phenoxy) is 4. The zero-order valence-electron chi connectivity index (χ0n) is 17.1. The van der Waals surface area contributed by atoms with Gasteiger partial charge in [0.2, 0.25) is 12.9 Å². The Bertz CT molecular complexity index is 860. The minimum atomic E-state index is -1.22. The van der Waals surface area contributed by atoms with Crippen molar-refractivity contribution in [3.63, 3.8) is 0 Å². The highest BCUT2D eigenvalue weighted by atomic mass is 16.7. The number of methoxy groups -OCH3 is 1. The van der Waals surface area contributed by atoms with E-state index in [4.69, 9.17) is 18.9 Å². The van der Waals surface area contributed by atoms with Gasteiger partial charge in [-0.25, -0.2) is 9.59 Å². The first-order chi connectivity index (χ1) is 14.0. The van der Waals surface area contributed by atoms with Gasteiger partial charge in [-0.2, -0.15) is 0 Å². The van der Waals surface area contributed by atoms with Crippen molar-refractivity contribution in [1.82, 2.24) is 0 Å². The number of aryl methyl sites for hydroxylation is 1. The Hall–Kier alpha value is -3.22. The quantitative estimate of drug-likeness (QED) is 0.687. The van der Waals surface area contributed by atoms with E-state index in [9.17, 15) is 14.7 Å². The fourth-order valence-electron chi connectivity index (χ4n) is 2.87. The van der Waals surface area contributed by atoms with E-state index in [1.165, 1.54) is 7.11 Å². The molecule has 7 nitrogen and oxygen atoms in total. The van der Waals surface area contributed by atoms with Gasteiger partial charge in [-0.1, -0.05) is 33.3 Å². The van der Waals surface area contributed by atoms with Crippen LogP contribution < -0.4 is 14.2 Å². The first-order valence-electron chi connectivity index (χ1n) is 9.53. The van der Waals surface area contributed by atoms with Gasteiger partial charge in [-0.05, 0) is 42.3 Å². The van der Waals surface area contributed by atoms with Gasteiger partial charge in [0.05, 0.1) is 12.7 Å². The standard InChI is InChI=1S/C20H20O7.C2H6/c1-3-4-12-9-14(20(23)24-2)6-7-15(12)27-18(19(21)22)13-5-8-16-17(10-13)26-11-25-16;1-2/h5-10,18H,3-4,11H2,1-2H3,(H,21,22);1-2H3/t18-;/m1./s1. The molecule has 0 aromatic heterocycles. The molecule has 156 valence electrons. The third-order valence-corrected chi connectivity index (χ3v) is 4.17. The highest BCUT2D eigenvalue weighted by Gasteiger charge is 2.26. The summed E-state index contributed by atoms with van der Waals surface area (Å²) in [7, 11) is 1.31. The first-order valence-corrected chi connectivity index (χ1v) is 9.53. The molecule has 0 saturated carbocycles. The Kier molecular flexibility index (Phi) is 7.88. The molecule has 2 aromatic carbocycles. The highest BCUT2D eigenvalue weighted by molar-refractivity contribution is 5.89. The van der Waals surface area contributed by atoms with Crippen LogP contribution in [0.3, 0.4) is 0 Å². The summed E-state index contributed by atoms with van der Waals surface area (Å²) in [5, 5.41) is 9.67. The number of carbonyl (C=O) groups excluding carboxylic acids is 1. The molecule has 1 heterocycles. The summed E-state index contributed by atoms with van der Waals surface area (Å²) in [6, 6.07) is 9.71. The lowest BCUT2D eigenvalue weighted by Gasteiger charge is -2.19. The minimum absolute atomic E-state index is 0.104. The van der Waals surface area contributed by atoms with Gasteiger partial charge in [0.25, 0.3) is 0 Å². The largest absolute Gasteiger partial charge is 0.478 e. The van der Waals surface area contributed by atoms with Crippen molar-refractivity contribution < 1.29 is 33.6 Å². The number of carbonyl (C=O) groups is 2. The Morgan fingerprint density at radius 1 is 1.10 bits per heavy atom. The molecule has 0 unspecified atom stereocenters. The molecule has 1 aliphatic heterocycles. The summed E-state index contributed by atoms with van der Waals surface area (Å²) < 4.78 is 21.1. The summed E-state index contributed by atoms with van der Waals surface area (Å²) >= 11 is 0. The van der Waals surface area contributed by atoms with Gasteiger partial charge in [-0.3, -0.25) is 0 Å². The third kappa shape index (κ3) is 5.19. The monoisotopic (exact) mass is 402 g/mol. The number of aliphatic carboxylic acids is 1. The van der Waals surface area contributed by atoms with Crippen LogP contribution in [0.2, 0.25) is 0 Å². The van der Waals surface area contributed by atoms with Crippen molar-refractivity contribution in [2.45, 2.75) is 39.7 Å². The van der Waals surface area contributed by atoms with E-state index in [-0.39, 0.29) is 6.79 Å². The van der Waals surface area contributed by atoms with Crippen molar-refractivity contribution in [3.05, 3.63) is 53.1 Å². The van der Waals surface area contributed by atoms with E-state index in [0.29, 0.717) is 34.8 Å². The molecule has 0 spiro atoms. The number of hydrogen-bond donors (Lipinski definition) is 1. The van der Waals surface area contributed by atoms with Crippen molar-refractivity contribution in [3.8, 4) is 17.2 Å². The molecule has 7 heteroatoms. The van der Waals surface area contributed by atoms with Crippen LogP contribution in [0.5, 0.6) is 17.2 Å². The SMILES string of the molecule is CC.CCCc1cc(C(=O)OC)ccc1O[C@@H](C(=O)O)c1ccc2c(c1)OCO2. The Morgan fingerprint density at radius 2 is 1.83 bits per heavy atom. The molecule has 29 heavy (non-hydrogen) atoms. The smallest absolute Gasteiger partial charge is 0.349 e. The van der Waals surface area contributed by atoms with E-state index in [1.807, 2.05) is 20.8 Å². The molecule has 1 aliphatic rings. The van der Waals surface area contributed by atoms with Gasteiger partial charge < -0.3 is 24.1 Å². The normalized spacial score (nSPS) is 12.4.